The standard InChI is InChI=1S/C18H15S.C14H16F2O8S/c1-4-10-16(11-5-1)19(17-12-6-2-7-13-17)18-14-8-3-9-15-18;15-14(16,25(20,21)22)12(19)23-6-10(17)24-13-3-7-1-8(4-13)11(18)9(2-7)5-13/h1-15H;7-9H,1-6H2,(H,20,21,22)/q+1;/p-1. The molecule has 4 fully saturated rings. The van der Waals surface area contributed by atoms with Gasteiger partial charge in [0.05, 0.1) is 10.9 Å². The lowest BCUT2D eigenvalue weighted by Crippen LogP contribution is -2.57. The fraction of sp³-hybridized carbons (Fsp3) is 0.344. The molecule has 3 aromatic carbocycles. The van der Waals surface area contributed by atoms with Gasteiger partial charge in [-0.15, -0.1) is 0 Å². The number of esters is 2. The molecular weight excluding hydrogens is 614 g/mol. The van der Waals surface area contributed by atoms with Crippen molar-refractivity contribution in [3.05, 3.63) is 91.0 Å². The molecule has 4 aliphatic carbocycles. The Morgan fingerprint density at radius 1 is 0.818 bits per heavy atom. The number of alkyl halides is 2. The van der Waals surface area contributed by atoms with E-state index in [0.29, 0.717) is 19.3 Å². The minimum Gasteiger partial charge on any atom is -0.743 e. The van der Waals surface area contributed by atoms with Crippen LogP contribution in [0.15, 0.2) is 106 Å². The number of ketones is 1. The van der Waals surface area contributed by atoms with Crippen LogP contribution in [0.4, 0.5) is 8.78 Å². The Morgan fingerprint density at radius 2 is 1.25 bits per heavy atom. The second-order valence-corrected chi connectivity index (χ2v) is 14.6. The lowest BCUT2D eigenvalue weighted by molar-refractivity contribution is -0.195. The summed E-state index contributed by atoms with van der Waals surface area (Å²) >= 11 is 0. The summed E-state index contributed by atoms with van der Waals surface area (Å²) in [5.74, 6) is -3.70. The van der Waals surface area contributed by atoms with Gasteiger partial charge in [-0.25, -0.2) is 18.0 Å². The van der Waals surface area contributed by atoms with Crippen molar-refractivity contribution in [2.75, 3.05) is 6.61 Å². The summed E-state index contributed by atoms with van der Waals surface area (Å²) in [7, 11) is -6.26. The molecule has 0 aromatic heterocycles. The Kier molecular flexibility index (Phi) is 9.24. The molecule has 44 heavy (non-hydrogen) atoms. The van der Waals surface area contributed by atoms with Gasteiger partial charge in [-0.2, -0.15) is 8.78 Å². The van der Waals surface area contributed by atoms with E-state index >= 15 is 0 Å². The highest BCUT2D eigenvalue weighted by atomic mass is 32.2. The summed E-state index contributed by atoms with van der Waals surface area (Å²) < 4.78 is 66.1. The first-order valence-electron chi connectivity index (χ1n) is 14.0. The summed E-state index contributed by atoms with van der Waals surface area (Å²) in [6.07, 6.45) is 2.75. The highest BCUT2D eigenvalue weighted by Crippen LogP contribution is 2.55. The Morgan fingerprint density at radius 3 is 1.66 bits per heavy atom. The molecule has 3 aromatic rings. The van der Waals surface area contributed by atoms with Crippen LogP contribution < -0.4 is 0 Å². The molecule has 4 aliphatic rings. The first-order valence-corrected chi connectivity index (χ1v) is 16.7. The van der Waals surface area contributed by atoms with E-state index in [1.54, 1.807) is 0 Å². The van der Waals surface area contributed by atoms with E-state index in [2.05, 4.69) is 95.7 Å². The van der Waals surface area contributed by atoms with Crippen molar-refractivity contribution in [1.82, 2.24) is 0 Å². The molecular formula is C32H30F2O8S2. The van der Waals surface area contributed by atoms with Crippen LogP contribution in [0.5, 0.6) is 0 Å². The number of benzene rings is 3. The molecule has 2 atom stereocenters. The Balaban J connectivity index is 0.000000181. The van der Waals surface area contributed by atoms with E-state index < -0.39 is 39.5 Å². The average Bonchev–Trinajstić information content (AvgIpc) is 2.99. The number of carbonyl (C=O) groups excluding carboxylic acids is 3. The maximum absolute atomic E-state index is 13.0. The molecule has 0 radical (unpaired) electrons. The van der Waals surface area contributed by atoms with Gasteiger partial charge in [-0.1, -0.05) is 54.6 Å². The van der Waals surface area contributed by atoms with Crippen molar-refractivity contribution in [2.45, 2.75) is 57.6 Å². The zero-order chi connectivity index (χ0) is 31.5. The third-order valence-corrected chi connectivity index (χ3v) is 11.1. The first kappa shape index (κ1) is 31.8. The van der Waals surface area contributed by atoms with Gasteiger partial charge in [-0.3, -0.25) is 4.79 Å². The highest BCUT2D eigenvalue weighted by Gasteiger charge is 2.57. The van der Waals surface area contributed by atoms with E-state index in [1.165, 1.54) is 14.7 Å². The summed E-state index contributed by atoms with van der Waals surface area (Å²) in [6.45, 7) is -1.24. The van der Waals surface area contributed by atoms with Crippen molar-refractivity contribution in [3.63, 3.8) is 0 Å². The largest absolute Gasteiger partial charge is 0.743 e. The summed E-state index contributed by atoms with van der Waals surface area (Å²) in [5.41, 5.74) is -0.874. The van der Waals surface area contributed by atoms with Crippen LogP contribution in [-0.4, -0.2) is 48.2 Å². The first-order chi connectivity index (χ1) is 20.9. The average molecular weight is 645 g/mol. The Labute approximate surface area is 256 Å². The van der Waals surface area contributed by atoms with Gasteiger partial charge < -0.3 is 14.0 Å². The number of carbonyl (C=O) groups is 3. The SMILES string of the molecule is O=C(COC(=O)C(F)(F)S(=O)(=O)[O-])OC12CC3CC(C1)C(=O)C(C3)C2.c1ccc([S+](c2ccccc2)c2ccccc2)cc1. The van der Waals surface area contributed by atoms with E-state index in [-0.39, 0.29) is 34.4 Å². The number of hydrogen-bond donors (Lipinski definition) is 0. The normalized spacial score (nSPS) is 23.9. The monoisotopic (exact) mass is 644 g/mol. The van der Waals surface area contributed by atoms with Crippen molar-refractivity contribution >= 4 is 38.7 Å². The fourth-order valence-corrected chi connectivity index (χ4v) is 8.83. The molecule has 0 heterocycles. The minimum atomic E-state index is -6.25. The van der Waals surface area contributed by atoms with Gasteiger partial charge in [0.15, 0.2) is 31.4 Å². The molecule has 7 rings (SSSR count). The molecule has 0 aliphatic heterocycles. The van der Waals surface area contributed by atoms with Crippen LogP contribution >= 0.6 is 0 Å². The Hall–Kier alpha value is -3.61. The molecule has 8 nitrogen and oxygen atoms in total. The van der Waals surface area contributed by atoms with Gasteiger partial charge in [0.1, 0.15) is 11.4 Å². The van der Waals surface area contributed by atoms with Crippen LogP contribution in [0.1, 0.15) is 32.1 Å². The van der Waals surface area contributed by atoms with Crippen molar-refractivity contribution in [1.29, 1.82) is 0 Å². The molecule has 0 saturated heterocycles. The number of hydrogen-bond acceptors (Lipinski definition) is 8. The van der Waals surface area contributed by atoms with Gasteiger partial charge in [0.2, 0.25) is 0 Å². The molecule has 4 saturated carbocycles. The molecule has 0 spiro atoms. The zero-order valence-electron chi connectivity index (χ0n) is 23.5. The van der Waals surface area contributed by atoms with Crippen LogP contribution in [0.2, 0.25) is 0 Å². The smallest absolute Gasteiger partial charge is 0.428 e. The van der Waals surface area contributed by atoms with Gasteiger partial charge in [0.25, 0.3) is 0 Å². The summed E-state index contributed by atoms with van der Waals surface area (Å²) in [4.78, 5) is 39.0. The van der Waals surface area contributed by atoms with Crippen molar-refractivity contribution in [2.24, 2.45) is 17.8 Å². The van der Waals surface area contributed by atoms with Gasteiger partial charge >= 0.3 is 17.2 Å². The zero-order valence-corrected chi connectivity index (χ0v) is 25.1. The molecule has 4 bridgehead atoms. The number of ether oxygens (including phenoxy) is 2. The molecule has 12 heteroatoms. The van der Waals surface area contributed by atoms with Gasteiger partial charge in [0, 0.05) is 11.8 Å². The molecule has 232 valence electrons. The molecule has 2 unspecified atom stereocenters. The third kappa shape index (κ3) is 6.87. The summed E-state index contributed by atoms with van der Waals surface area (Å²) in [6, 6.07) is 32.2. The van der Waals surface area contributed by atoms with Crippen LogP contribution in [0, 0.1) is 17.8 Å². The lowest BCUT2D eigenvalue weighted by Gasteiger charge is -2.54. The minimum absolute atomic E-state index is 0.0146. The van der Waals surface area contributed by atoms with Crippen molar-refractivity contribution in [3.8, 4) is 0 Å². The predicted molar refractivity (Wildman–Crippen MR) is 154 cm³/mol. The van der Waals surface area contributed by atoms with Crippen LogP contribution in [0.25, 0.3) is 0 Å². The highest BCUT2D eigenvalue weighted by molar-refractivity contribution is 7.97. The topological polar surface area (TPSA) is 127 Å². The Bertz CT molecular complexity index is 1490. The maximum atomic E-state index is 13.0. The van der Waals surface area contributed by atoms with E-state index in [0.717, 1.165) is 12.8 Å². The second-order valence-electron chi connectivity index (χ2n) is 11.2. The second kappa shape index (κ2) is 12.8. The van der Waals surface area contributed by atoms with Crippen LogP contribution in [0.3, 0.4) is 0 Å². The van der Waals surface area contributed by atoms with E-state index in [1.807, 2.05) is 0 Å². The number of rotatable bonds is 8. The number of Topliss-reactive ketones (excluding diaryl/α,β-unsaturated/α-hetero) is 1. The molecule has 0 amide bonds. The van der Waals surface area contributed by atoms with Crippen LogP contribution in [-0.2, 0) is 44.9 Å². The van der Waals surface area contributed by atoms with Gasteiger partial charge in [-0.05, 0) is 74.4 Å². The molecule has 0 N–H and O–H groups in total. The summed E-state index contributed by atoms with van der Waals surface area (Å²) in [5, 5.41) is -5.28. The predicted octanol–water partition coefficient (Wildman–Crippen LogP) is 5.14. The third-order valence-electron chi connectivity index (χ3n) is 8.08. The van der Waals surface area contributed by atoms with E-state index in [9.17, 15) is 36.1 Å². The number of halogens is 2. The quantitative estimate of drug-likeness (QED) is 0.188. The fourth-order valence-electron chi connectivity index (χ4n) is 6.46. The van der Waals surface area contributed by atoms with Crippen molar-refractivity contribution < 1.29 is 45.6 Å². The lowest BCUT2D eigenvalue weighted by atomic mass is 9.53. The van der Waals surface area contributed by atoms with E-state index in [4.69, 9.17) is 4.74 Å². The maximum Gasteiger partial charge on any atom is 0.428 e.